The van der Waals surface area contributed by atoms with Gasteiger partial charge in [0.15, 0.2) is 0 Å². The number of rotatable bonds is 5. The largest absolute Gasteiger partial charge is 0.109 e. The Morgan fingerprint density at radius 1 is 1.18 bits per heavy atom. The summed E-state index contributed by atoms with van der Waals surface area (Å²) >= 11 is 0. The maximum Gasteiger partial charge on any atom is 0.0415 e. The van der Waals surface area contributed by atoms with Crippen LogP contribution in [0.5, 0.6) is 0 Å². The summed E-state index contributed by atoms with van der Waals surface area (Å²) in [6.45, 7) is 20.4. The molecular formula is C15H38Si2. The van der Waals surface area contributed by atoms with Crippen molar-refractivity contribution in [3.05, 3.63) is 24.9 Å². The van der Waals surface area contributed by atoms with Gasteiger partial charge in [0.1, 0.15) is 0 Å². The van der Waals surface area contributed by atoms with Gasteiger partial charge in [-0.3, -0.25) is 0 Å². The molecule has 0 nitrogen and oxygen atoms in total. The first kappa shape index (κ1) is 25.7. The highest BCUT2D eigenvalue weighted by atomic mass is 28.2. The second kappa shape index (κ2) is 24.9. The van der Waals surface area contributed by atoms with E-state index in [-0.39, 0.29) is 26.5 Å². The third kappa shape index (κ3) is 38.8. The molecule has 0 aliphatic heterocycles. The second-order valence-electron chi connectivity index (χ2n) is 4.42. The zero-order valence-electron chi connectivity index (χ0n) is 12.6. The van der Waals surface area contributed by atoms with Crippen molar-refractivity contribution in [1.29, 1.82) is 0 Å². The van der Waals surface area contributed by atoms with Crippen molar-refractivity contribution in [2.75, 3.05) is 0 Å². The molecule has 0 saturated heterocycles. The molecule has 17 heavy (non-hydrogen) atoms. The van der Waals surface area contributed by atoms with Crippen LogP contribution in [-0.2, 0) is 0 Å². The monoisotopic (exact) mass is 274 g/mol. The SMILES string of the molecule is C.C=CC.C=C[SiH2]C.CCC(CC(C)C)[SiH2]C. The molecule has 2 heteroatoms. The van der Waals surface area contributed by atoms with Crippen molar-refractivity contribution in [3.63, 3.8) is 0 Å². The van der Waals surface area contributed by atoms with Gasteiger partial charge in [0.2, 0.25) is 0 Å². The van der Waals surface area contributed by atoms with E-state index in [1.807, 2.05) is 12.6 Å². The van der Waals surface area contributed by atoms with Gasteiger partial charge in [-0.2, -0.15) is 0 Å². The Morgan fingerprint density at radius 2 is 1.53 bits per heavy atom. The standard InChI is InChI=1S/C8H20Si.C3H8Si.C3H6.CH4/c1-5-8(9-4)6-7(2)3;1-3-4-2;1-3-2;/h7-8H,5-6,9H2,1-4H3;3H,1,4H2,2H3;3H,1H2,2H3;1H4. The van der Waals surface area contributed by atoms with E-state index in [4.69, 9.17) is 0 Å². The highest BCUT2D eigenvalue weighted by Gasteiger charge is 2.04. The molecule has 0 bridgehead atoms. The van der Waals surface area contributed by atoms with Crippen molar-refractivity contribution < 1.29 is 0 Å². The minimum Gasteiger partial charge on any atom is -0.109 e. The molecule has 0 N–H and O–H groups in total. The third-order valence-corrected chi connectivity index (χ3v) is 4.89. The Bertz CT molecular complexity index is 127. The molecule has 0 aliphatic carbocycles. The Hall–Kier alpha value is -0.0862. The van der Waals surface area contributed by atoms with Crippen LogP contribution >= 0.6 is 0 Å². The predicted octanol–water partition coefficient (Wildman–Crippen LogP) is 4.62. The number of hydrogen-bond acceptors (Lipinski definition) is 0. The normalized spacial score (nSPS) is 11.2. The van der Waals surface area contributed by atoms with Crippen molar-refractivity contribution >= 4 is 19.0 Å². The summed E-state index contributed by atoms with van der Waals surface area (Å²) in [7, 11) is 0.473. The molecule has 0 aliphatic rings. The van der Waals surface area contributed by atoms with E-state index in [1.54, 1.807) is 6.08 Å². The van der Waals surface area contributed by atoms with Gasteiger partial charge in [-0.15, -0.1) is 18.9 Å². The summed E-state index contributed by atoms with van der Waals surface area (Å²) in [6, 6.07) is 0. The van der Waals surface area contributed by atoms with Crippen LogP contribution in [-0.4, -0.2) is 19.0 Å². The highest BCUT2D eigenvalue weighted by molar-refractivity contribution is 6.39. The molecule has 106 valence electrons. The summed E-state index contributed by atoms with van der Waals surface area (Å²) in [4.78, 5) is 0. The molecular weight excluding hydrogens is 236 g/mol. The van der Waals surface area contributed by atoms with Gasteiger partial charge in [0, 0.05) is 19.0 Å². The number of allylic oxidation sites excluding steroid dienone is 1. The summed E-state index contributed by atoms with van der Waals surface area (Å²) in [6.07, 6.45) is 4.64. The van der Waals surface area contributed by atoms with Crippen LogP contribution in [0.1, 0.15) is 48.0 Å². The Kier molecular flexibility index (Phi) is 37.7. The fourth-order valence-corrected chi connectivity index (χ4v) is 2.87. The van der Waals surface area contributed by atoms with E-state index in [9.17, 15) is 0 Å². The fraction of sp³-hybridized carbons (Fsp3) is 0.733. The Morgan fingerprint density at radius 3 is 1.59 bits per heavy atom. The predicted molar refractivity (Wildman–Crippen MR) is 95.1 cm³/mol. The van der Waals surface area contributed by atoms with E-state index in [1.165, 1.54) is 12.8 Å². The van der Waals surface area contributed by atoms with Crippen LogP contribution in [0.3, 0.4) is 0 Å². The van der Waals surface area contributed by atoms with E-state index >= 15 is 0 Å². The molecule has 0 rings (SSSR count). The lowest BCUT2D eigenvalue weighted by Crippen LogP contribution is -2.02. The quantitative estimate of drug-likeness (QED) is 0.507. The molecule has 0 aromatic heterocycles. The van der Waals surface area contributed by atoms with E-state index < -0.39 is 0 Å². The average Bonchev–Trinajstić information content (AvgIpc) is 2.27. The van der Waals surface area contributed by atoms with Crippen LogP contribution in [0.2, 0.25) is 18.6 Å². The lowest BCUT2D eigenvalue weighted by atomic mass is 10.1. The first-order valence-electron chi connectivity index (χ1n) is 6.71. The third-order valence-electron chi connectivity index (χ3n) is 2.25. The molecule has 0 spiro atoms. The molecule has 0 aromatic carbocycles. The van der Waals surface area contributed by atoms with Gasteiger partial charge in [0.05, 0.1) is 0 Å². The fourth-order valence-electron chi connectivity index (χ4n) is 1.29. The molecule has 0 amide bonds. The zero-order valence-corrected chi connectivity index (χ0v) is 15.4. The van der Waals surface area contributed by atoms with Crippen LogP contribution in [0, 0.1) is 5.92 Å². The molecule has 0 heterocycles. The van der Waals surface area contributed by atoms with Crippen LogP contribution in [0.15, 0.2) is 24.9 Å². The lowest BCUT2D eigenvalue weighted by molar-refractivity contribution is 0.546. The summed E-state index contributed by atoms with van der Waals surface area (Å²) in [5.74, 6) is 0.919. The van der Waals surface area contributed by atoms with E-state index in [0.29, 0.717) is 0 Å². The van der Waals surface area contributed by atoms with Gasteiger partial charge in [0.25, 0.3) is 0 Å². The smallest absolute Gasteiger partial charge is 0.0415 e. The maximum atomic E-state index is 3.54. The van der Waals surface area contributed by atoms with Crippen LogP contribution < -0.4 is 0 Å². The zero-order chi connectivity index (χ0) is 13.4. The maximum absolute atomic E-state index is 3.54. The van der Waals surface area contributed by atoms with Crippen molar-refractivity contribution in [1.82, 2.24) is 0 Å². The van der Waals surface area contributed by atoms with Gasteiger partial charge >= 0.3 is 0 Å². The molecule has 0 aromatic rings. The van der Waals surface area contributed by atoms with Gasteiger partial charge in [-0.25, -0.2) is 0 Å². The topological polar surface area (TPSA) is 0 Å². The van der Waals surface area contributed by atoms with Gasteiger partial charge < -0.3 is 0 Å². The highest BCUT2D eigenvalue weighted by Crippen LogP contribution is 2.19. The molecule has 1 unspecified atom stereocenters. The molecule has 0 fully saturated rings. The minimum absolute atomic E-state index is 0. The Labute approximate surface area is 117 Å². The Balaban J connectivity index is -0.0000000893. The summed E-state index contributed by atoms with van der Waals surface area (Å²) < 4.78 is 0. The second-order valence-corrected chi connectivity index (χ2v) is 7.78. The van der Waals surface area contributed by atoms with Crippen LogP contribution in [0.25, 0.3) is 0 Å². The summed E-state index contributed by atoms with van der Waals surface area (Å²) in [5, 5.41) is 0. The minimum atomic E-state index is 0. The average molecular weight is 275 g/mol. The van der Waals surface area contributed by atoms with E-state index in [2.05, 4.69) is 47.0 Å². The first-order chi connectivity index (χ1) is 7.53. The van der Waals surface area contributed by atoms with Gasteiger partial charge in [-0.1, -0.05) is 65.8 Å². The molecule has 0 radical (unpaired) electrons. The van der Waals surface area contributed by atoms with Crippen molar-refractivity contribution in [3.8, 4) is 0 Å². The number of hydrogen-bond donors (Lipinski definition) is 0. The van der Waals surface area contributed by atoms with Gasteiger partial charge in [-0.05, 0) is 12.8 Å². The van der Waals surface area contributed by atoms with Crippen LogP contribution in [0.4, 0.5) is 0 Å². The van der Waals surface area contributed by atoms with E-state index in [0.717, 1.165) is 11.5 Å². The lowest BCUT2D eigenvalue weighted by Gasteiger charge is -2.13. The summed E-state index contributed by atoms with van der Waals surface area (Å²) in [5.41, 5.74) is 3.13. The molecule has 0 saturated carbocycles. The van der Waals surface area contributed by atoms with Crippen molar-refractivity contribution in [2.45, 2.75) is 66.6 Å². The first-order valence-corrected chi connectivity index (χ1v) is 11.2. The molecule has 1 atom stereocenters. The van der Waals surface area contributed by atoms with Crippen molar-refractivity contribution in [2.24, 2.45) is 5.92 Å².